The Labute approximate surface area is 91.9 Å². The lowest BCUT2D eigenvalue weighted by molar-refractivity contribution is 0.521. The smallest absolute Gasteiger partial charge is 0.0762 e. The van der Waals surface area contributed by atoms with E-state index in [0.717, 1.165) is 31.6 Å². The first kappa shape index (κ1) is 11.8. The van der Waals surface area contributed by atoms with Crippen LogP contribution in [0.3, 0.4) is 0 Å². The van der Waals surface area contributed by atoms with Crippen molar-refractivity contribution in [2.24, 2.45) is 0 Å². The molecule has 0 aromatic carbocycles. The van der Waals surface area contributed by atoms with Gasteiger partial charge in [-0.25, -0.2) is 0 Å². The second-order valence-corrected chi connectivity index (χ2v) is 3.87. The van der Waals surface area contributed by atoms with Crippen LogP contribution < -0.4 is 5.32 Å². The lowest BCUT2D eigenvalue weighted by atomic mass is 10.3. The highest BCUT2D eigenvalue weighted by Gasteiger charge is 2.00. The summed E-state index contributed by atoms with van der Waals surface area (Å²) in [6.07, 6.45) is 9.05. The molecule has 0 amide bonds. The maximum Gasteiger partial charge on any atom is 0.0762 e. The molecule has 3 nitrogen and oxygen atoms in total. The first-order valence-corrected chi connectivity index (χ1v) is 5.42. The van der Waals surface area contributed by atoms with Crippen LogP contribution in [0.4, 0.5) is 0 Å². The molecule has 1 N–H and O–H groups in total. The van der Waals surface area contributed by atoms with Gasteiger partial charge in [0.05, 0.1) is 5.69 Å². The highest BCUT2D eigenvalue weighted by atomic mass is 15.3. The van der Waals surface area contributed by atoms with E-state index >= 15 is 0 Å². The summed E-state index contributed by atoms with van der Waals surface area (Å²) in [4.78, 5) is 0. The molecule has 1 heterocycles. The molecular weight excluding hydrogens is 186 g/mol. The number of hydrogen-bond donors (Lipinski definition) is 1. The van der Waals surface area contributed by atoms with Gasteiger partial charge < -0.3 is 5.32 Å². The zero-order valence-electron chi connectivity index (χ0n) is 9.53. The van der Waals surface area contributed by atoms with Gasteiger partial charge in [-0.3, -0.25) is 4.68 Å². The van der Waals surface area contributed by atoms with E-state index in [0.29, 0.717) is 6.04 Å². The Morgan fingerprint density at radius 1 is 1.60 bits per heavy atom. The molecule has 0 fully saturated rings. The summed E-state index contributed by atoms with van der Waals surface area (Å²) in [6, 6.07) is 2.48. The maximum absolute atomic E-state index is 5.17. The van der Waals surface area contributed by atoms with Crippen molar-refractivity contribution in [3.63, 3.8) is 0 Å². The third-order valence-electron chi connectivity index (χ3n) is 2.17. The molecule has 15 heavy (non-hydrogen) atoms. The Morgan fingerprint density at radius 3 is 3.00 bits per heavy atom. The predicted molar refractivity (Wildman–Crippen MR) is 62.4 cm³/mol. The van der Waals surface area contributed by atoms with Gasteiger partial charge in [0, 0.05) is 25.2 Å². The van der Waals surface area contributed by atoms with Crippen LogP contribution in [0, 0.1) is 12.3 Å². The third-order valence-corrected chi connectivity index (χ3v) is 2.17. The monoisotopic (exact) mass is 205 g/mol. The van der Waals surface area contributed by atoms with Gasteiger partial charge in [-0.1, -0.05) is 0 Å². The van der Waals surface area contributed by atoms with Gasteiger partial charge in [0.2, 0.25) is 0 Å². The van der Waals surface area contributed by atoms with Crippen LogP contribution in [0.15, 0.2) is 12.3 Å². The molecule has 0 atom stereocenters. The minimum atomic E-state index is 0.431. The van der Waals surface area contributed by atoms with Crippen molar-refractivity contribution in [3.05, 3.63) is 18.0 Å². The van der Waals surface area contributed by atoms with Gasteiger partial charge in [-0.2, -0.15) is 5.10 Å². The summed E-state index contributed by atoms with van der Waals surface area (Å²) in [6.45, 7) is 6.03. The minimum Gasteiger partial charge on any atom is -0.311 e. The van der Waals surface area contributed by atoms with E-state index in [4.69, 9.17) is 6.42 Å². The minimum absolute atomic E-state index is 0.431. The average molecular weight is 205 g/mol. The average Bonchev–Trinajstić information content (AvgIpc) is 2.66. The second-order valence-electron chi connectivity index (χ2n) is 3.87. The highest BCUT2D eigenvalue weighted by molar-refractivity contribution is 4.99. The van der Waals surface area contributed by atoms with Crippen molar-refractivity contribution in [1.82, 2.24) is 15.1 Å². The van der Waals surface area contributed by atoms with Gasteiger partial charge in [-0.05, 0) is 32.9 Å². The Bertz CT molecular complexity index is 320. The molecular formula is C12H19N3. The van der Waals surface area contributed by atoms with Crippen LogP contribution in [0.2, 0.25) is 0 Å². The molecule has 0 saturated carbocycles. The van der Waals surface area contributed by atoms with Crippen LogP contribution in [0.5, 0.6) is 0 Å². The Morgan fingerprint density at radius 2 is 2.40 bits per heavy atom. The number of terminal acetylenes is 1. The molecule has 1 aromatic rings. The molecule has 0 spiro atoms. The molecule has 3 heteroatoms. The van der Waals surface area contributed by atoms with Gasteiger partial charge in [0.15, 0.2) is 0 Å². The highest BCUT2D eigenvalue weighted by Crippen LogP contribution is 2.03. The summed E-state index contributed by atoms with van der Waals surface area (Å²) in [5.74, 6) is 2.63. The Balaban J connectivity index is 2.23. The number of unbranched alkanes of at least 4 members (excludes halogenated alkanes) is 1. The molecule has 0 aliphatic carbocycles. The lowest BCUT2D eigenvalue weighted by Gasteiger charge is -2.04. The quantitative estimate of drug-likeness (QED) is 0.568. The Hall–Kier alpha value is -1.27. The van der Waals surface area contributed by atoms with Crippen LogP contribution in [-0.2, 0) is 6.54 Å². The normalized spacial score (nSPS) is 10.5. The summed E-state index contributed by atoms with van der Waals surface area (Å²) >= 11 is 0. The molecule has 1 aromatic heterocycles. The van der Waals surface area contributed by atoms with E-state index in [1.54, 1.807) is 0 Å². The zero-order chi connectivity index (χ0) is 11.1. The maximum atomic E-state index is 5.17. The topological polar surface area (TPSA) is 29.9 Å². The standard InChI is InChI=1S/C12H19N3/c1-4-5-6-8-13-10-12-7-9-15(14-12)11(2)3/h1,7,9,11,13H,5-6,8,10H2,2-3H3. The van der Waals surface area contributed by atoms with Crippen LogP contribution >= 0.6 is 0 Å². The van der Waals surface area contributed by atoms with Crippen LogP contribution in [0.25, 0.3) is 0 Å². The molecule has 0 saturated heterocycles. The summed E-state index contributed by atoms with van der Waals surface area (Å²) in [7, 11) is 0. The third kappa shape index (κ3) is 4.18. The van der Waals surface area contributed by atoms with Crippen molar-refractivity contribution in [3.8, 4) is 12.3 Å². The van der Waals surface area contributed by atoms with Crippen molar-refractivity contribution in [2.45, 2.75) is 39.3 Å². The van der Waals surface area contributed by atoms with E-state index in [-0.39, 0.29) is 0 Å². The van der Waals surface area contributed by atoms with Gasteiger partial charge in [0.1, 0.15) is 0 Å². The van der Waals surface area contributed by atoms with Crippen molar-refractivity contribution in [1.29, 1.82) is 0 Å². The molecule has 1 rings (SSSR count). The van der Waals surface area contributed by atoms with Crippen molar-refractivity contribution < 1.29 is 0 Å². The molecule has 0 aliphatic heterocycles. The first-order valence-electron chi connectivity index (χ1n) is 5.42. The fourth-order valence-corrected chi connectivity index (χ4v) is 1.29. The number of aromatic nitrogens is 2. The number of hydrogen-bond acceptors (Lipinski definition) is 2. The molecule has 0 unspecified atom stereocenters. The number of nitrogens with zero attached hydrogens (tertiary/aromatic N) is 2. The SMILES string of the molecule is C#CCCCNCc1ccn(C(C)C)n1. The Kier molecular flexibility index (Phi) is 4.92. The summed E-state index contributed by atoms with van der Waals surface area (Å²) < 4.78 is 1.97. The van der Waals surface area contributed by atoms with E-state index in [2.05, 4.69) is 30.2 Å². The van der Waals surface area contributed by atoms with Crippen LogP contribution in [0.1, 0.15) is 38.4 Å². The second kappa shape index (κ2) is 6.26. The first-order chi connectivity index (χ1) is 7.24. The van der Waals surface area contributed by atoms with Gasteiger partial charge >= 0.3 is 0 Å². The fourth-order valence-electron chi connectivity index (χ4n) is 1.29. The van der Waals surface area contributed by atoms with Crippen molar-refractivity contribution >= 4 is 0 Å². The molecule has 82 valence electrons. The van der Waals surface area contributed by atoms with E-state index < -0.39 is 0 Å². The van der Waals surface area contributed by atoms with E-state index in [9.17, 15) is 0 Å². The van der Waals surface area contributed by atoms with Crippen LogP contribution in [-0.4, -0.2) is 16.3 Å². The zero-order valence-corrected chi connectivity index (χ0v) is 9.53. The van der Waals surface area contributed by atoms with E-state index in [1.807, 2.05) is 16.9 Å². The fraction of sp³-hybridized carbons (Fsp3) is 0.583. The molecule has 0 radical (unpaired) electrons. The van der Waals surface area contributed by atoms with Gasteiger partial charge in [-0.15, -0.1) is 12.3 Å². The van der Waals surface area contributed by atoms with Crippen molar-refractivity contribution in [2.75, 3.05) is 6.54 Å². The van der Waals surface area contributed by atoms with E-state index in [1.165, 1.54) is 0 Å². The predicted octanol–water partition coefficient (Wildman–Crippen LogP) is 1.97. The molecule has 0 aliphatic rings. The summed E-state index contributed by atoms with van der Waals surface area (Å²) in [5.41, 5.74) is 1.09. The lowest BCUT2D eigenvalue weighted by Crippen LogP contribution is -2.15. The number of rotatable bonds is 6. The van der Waals surface area contributed by atoms with Gasteiger partial charge in [0.25, 0.3) is 0 Å². The number of nitrogens with one attached hydrogen (secondary N) is 1. The molecule has 0 bridgehead atoms. The largest absolute Gasteiger partial charge is 0.311 e. The summed E-state index contributed by atoms with van der Waals surface area (Å²) in [5, 5.41) is 7.76.